The van der Waals surface area contributed by atoms with Gasteiger partial charge in [-0.25, -0.2) is 0 Å². The third-order valence-electron chi connectivity index (χ3n) is 3.47. The number of benzene rings is 1. The zero-order valence-corrected chi connectivity index (χ0v) is 15.3. The summed E-state index contributed by atoms with van der Waals surface area (Å²) < 4.78 is 0.812. The Bertz CT molecular complexity index is 781. The fourth-order valence-electron chi connectivity index (χ4n) is 2.37. The first-order valence-corrected chi connectivity index (χ1v) is 9.64. The molecule has 0 atom stereocenters. The molecule has 1 saturated heterocycles. The van der Waals surface area contributed by atoms with Crippen LogP contribution < -0.4 is 10.2 Å². The van der Waals surface area contributed by atoms with Gasteiger partial charge in [0, 0.05) is 18.5 Å². The maximum atomic E-state index is 12.4. The summed E-state index contributed by atoms with van der Waals surface area (Å²) in [6, 6.07) is 4.91. The second-order valence-electron chi connectivity index (χ2n) is 5.08. The van der Waals surface area contributed by atoms with Gasteiger partial charge < -0.3 is 4.90 Å². The highest BCUT2D eigenvalue weighted by Gasteiger charge is 2.24. The van der Waals surface area contributed by atoms with E-state index in [2.05, 4.69) is 15.5 Å². The summed E-state index contributed by atoms with van der Waals surface area (Å²) >= 11 is 9.10. The summed E-state index contributed by atoms with van der Waals surface area (Å²) in [7, 11) is 0. The molecule has 0 radical (unpaired) electrons. The van der Waals surface area contributed by atoms with Crippen LogP contribution in [0.4, 0.5) is 10.8 Å². The Morgan fingerprint density at radius 2 is 2.29 bits per heavy atom. The number of nitrogens with one attached hydrogen (secondary N) is 1. The zero-order valence-electron chi connectivity index (χ0n) is 12.9. The number of hydrogen-bond donors (Lipinski definition) is 1. The van der Waals surface area contributed by atoms with Crippen LogP contribution in [-0.2, 0) is 4.79 Å². The summed E-state index contributed by atoms with van der Waals surface area (Å²) in [6.07, 6.45) is 1.31. The van der Waals surface area contributed by atoms with Gasteiger partial charge in [0.15, 0.2) is 4.34 Å². The van der Waals surface area contributed by atoms with Crippen molar-refractivity contribution in [3.63, 3.8) is 0 Å². The molecule has 1 aliphatic rings. The Kier molecular flexibility index (Phi) is 5.37. The Morgan fingerprint density at radius 3 is 3.00 bits per heavy atom. The first-order valence-electron chi connectivity index (χ1n) is 7.46. The third kappa shape index (κ3) is 3.71. The molecule has 0 bridgehead atoms. The molecule has 2 amide bonds. The van der Waals surface area contributed by atoms with Crippen LogP contribution >= 0.6 is 34.7 Å². The van der Waals surface area contributed by atoms with E-state index >= 15 is 0 Å². The van der Waals surface area contributed by atoms with Crippen LogP contribution in [-0.4, -0.2) is 34.3 Å². The van der Waals surface area contributed by atoms with Crippen molar-refractivity contribution in [2.24, 2.45) is 0 Å². The molecule has 3 rings (SSSR count). The summed E-state index contributed by atoms with van der Waals surface area (Å²) in [4.78, 5) is 26.0. The lowest BCUT2D eigenvalue weighted by Gasteiger charge is -2.18. The van der Waals surface area contributed by atoms with E-state index in [1.54, 1.807) is 34.9 Å². The van der Waals surface area contributed by atoms with Crippen molar-refractivity contribution < 1.29 is 9.59 Å². The Labute approximate surface area is 152 Å². The lowest BCUT2D eigenvalue weighted by molar-refractivity contribution is -0.117. The van der Waals surface area contributed by atoms with Crippen LogP contribution in [0.1, 0.15) is 30.1 Å². The fourth-order valence-corrected chi connectivity index (χ4v) is 4.24. The molecule has 1 fully saturated rings. The number of anilines is 2. The molecule has 1 aromatic carbocycles. The van der Waals surface area contributed by atoms with E-state index in [4.69, 9.17) is 11.6 Å². The molecule has 126 valence electrons. The summed E-state index contributed by atoms with van der Waals surface area (Å²) in [5.74, 6) is 0.621. The minimum atomic E-state index is -0.302. The second kappa shape index (κ2) is 7.50. The number of carbonyl (C=O) groups is 2. The van der Waals surface area contributed by atoms with E-state index in [-0.39, 0.29) is 11.8 Å². The van der Waals surface area contributed by atoms with E-state index in [0.29, 0.717) is 34.4 Å². The molecule has 0 saturated carbocycles. The van der Waals surface area contributed by atoms with Gasteiger partial charge in [-0.05, 0) is 30.4 Å². The van der Waals surface area contributed by atoms with E-state index in [1.165, 1.54) is 11.3 Å². The molecular weight excluding hydrogens is 368 g/mol. The molecule has 9 heteroatoms. The van der Waals surface area contributed by atoms with E-state index in [1.807, 2.05) is 6.92 Å². The summed E-state index contributed by atoms with van der Waals surface area (Å²) in [6.45, 7) is 2.65. The van der Waals surface area contributed by atoms with Crippen LogP contribution in [0, 0.1) is 0 Å². The largest absolute Gasteiger partial charge is 0.311 e. The number of nitrogens with zero attached hydrogens (tertiary/aromatic N) is 3. The van der Waals surface area contributed by atoms with Crippen molar-refractivity contribution in [3.8, 4) is 0 Å². The average molecular weight is 383 g/mol. The van der Waals surface area contributed by atoms with Crippen LogP contribution in [0.25, 0.3) is 0 Å². The highest BCUT2D eigenvalue weighted by atomic mass is 35.5. The quantitative estimate of drug-likeness (QED) is 0.630. The van der Waals surface area contributed by atoms with Crippen molar-refractivity contribution in [2.75, 3.05) is 22.5 Å². The Hall–Kier alpha value is -1.64. The number of rotatable bonds is 5. The van der Waals surface area contributed by atoms with Crippen molar-refractivity contribution in [1.29, 1.82) is 0 Å². The number of hydrogen-bond acceptors (Lipinski definition) is 6. The fraction of sp³-hybridized carbons (Fsp3) is 0.333. The number of amides is 2. The smallest absolute Gasteiger partial charge is 0.257 e. The maximum absolute atomic E-state index is 12.4. The van der Waals surface area contributed by atoms with Crippen LogP contribution in [0.5, 0.6) is 0 Å². The summed E-state index contributed by atoms with van der Waals surface area (Å²) in [5.41, 5.74) is 1.00. The lowest BCUT2D eigenvalue weighted by Crippen LogP contribution is -2.24. The van der Waals surface area contributed by atoms with E-state index in [0.717, 1.165) is 16.5 Å². The van der Waals surface area contributed by atoms with Crippen molar-refractivity contribution >= 4 is 57.3 Å². The van der Waals surface area contributed by atoms with Gasteiger partial charge in [0.05, 0.1) is 10.7 Å². The van der Waals surface area contributed by atoms with Crippen molar-refractivity contribution in [3.05, 3.63) is 28.8 Å². The monoisotopic (exact) mass is 382 g/mol. The molecule has 1 aromatic heterocycles. The highest BCUT2D eigenvalue weighted by molar-refractivity contribution is 8.01. The minimum Gasteiger partial charge on any atom is -0.311 e. The minimum absolute atomic E-state index is 0.0276. The molecule has 0 aliphatic carbocycles. The molecular formula is C15H15ClN4O2S2. The van der Waals surface area contributed by atoms with Gasteiger partial charge in [0.2, 0.25) is 11.0 Å². The standard InChI is InChI=1S/C15H15ClN4O2S2/c1-2-23-15-19-18-14(24-15)17-13(22)9-5-6-10(16)11(8-9)20-7-3-4-12(20)21/h5-6,8H,2-4,7H2,1H3,(H,17,18,22). The Balaban J connectivity index is 1.78. The van der Waals surface area contributed by atoms with Gasteiger partial charge in [-0.2, -0.15) is 0 Å². The first kappa shape index (κ1) is 17.2. The molecule has 1 N–H and O–H groups in total. The zero-order chi connectivity index (χ0) is 17.1. The van der Waals surface area contributed by atoms with E-state index in [9.17, 15) is 9.59 Å². The van der Waals surface area contributed by atoms with Gasteiger partial charge in [-0.1, -0.05) is 41.6 Å². The summed E-state index contributed by atoms with van der Waals surface area (Å²) in [5, 5.41) is 11.6. The molecule has 2 aromatic rings. The van der Waals surface area contributed by atoms with Gasteiger partial charge >= 0.3 is 0 Å². The first-order chi connectivity index (χ1) is 11.6. The number of thioether (sulfide) groups is 1. The molecule has 6 nitrogen and oxygen atoms in total. The topological polar surface area (TPSA) is 75.2 Å². The maximum Gasteiger partial charge on any atom is 0.257 e. The molecule has 2 heterocycles. The van der Waals surface area contributed by atoms with Crippen LogP contribution in [0.2, 0.25) is 5.02 Å². The number of halogens is 1. The van der Waals surface area contributed by atoms with Crippen molar-refractivity contribution in [1.82, 2.24) is 10.2 Å². The lowest BCUT2D eigenvalue weighted by atomic mass is 10.1. The van der Waals surface area contributed by atoms with Gasteiger partial charge in [0.25, 0.3) is 5.91 Å². The molecule has 1 aliphatic heterocycles. The van der Waals surface area contributed by atoms with Gasteiger partial charge in [-0.15, -0.1) is 10.2 Å². The second-order valence-corrected chi connectivity index (χ2v) is 7.97. The normalized spacial score (nSPS) is 14.2. The predicted molar refractivity (Wildman–Crippen MR) is 97.3 cm³/mol. The van der Waals surface area contributed by atoms with E-state index < -0.39 is 0 Å². The molecule has 0 unspecified atom stereocenters. The molecule has 0 spiro atoms. The van der Waals surface area contributed by atoms with Gasteiger partial charge in [-0.3, -0.25) is 14.9 Å². The average Bonchev–Trinajstić information content (AvgIpc) is 3.17. The number of carbonyl (C=O) groups excluding carboxylic acids is 2. The SMILES string of the molecule is CCSc1nnc(NC(=O)c2ccc(Cl)c(N3CCCC3=O)c2)s1. The Morgan fingerprint density at radius 1 is 1.46 bits per heavy atom. The predicted octanol–water partition coefficient (Wildman–Crippen LogP) is 3.68. The molecule has 24 heavy (non-hydrogen) atoms. The van der Waals surface area contributed by atoms with Crippen LogP contribution in [0.15, 0.2) is 22.5 Å². The van der Waals surface area contributed by atoms with Gasteiger partial charge in [0.1, 0.15) is 0 Å². The van der Waals surface area contributed by atoms with Crippen LogP contribution in [0.3, 0.4) is 0 Å². The highest BCUT2D eigenvalue weighted by Crippen LogP contribution is 2.31. The van der Waals surface area contributed by atoms with Crippen molar-refractivity contribution in [2.45, 2.75) is 24.1 Å². The third-order valence-corrected chi connectivity index (χ3v) is 5.64. The number of aromatic nitrogens is 2.